The minimum atomic E-state index is -0.667. The van der Waals surface area contributed by atoms with Crippen LogP contribution in [0.1, 0.15) is 64.9 Å². The Bertz CT molecular complexity index is 1220. The summed E-state index contributed by atoms with van der Waals surface area (Å²) in [7, 11) is 0. The number of rotatable bonds is 1. The van der Waals surface area contributed by atoms with E-state index in [1.54, 1.807) is 0 Å². The summed E-state index contributed by atoms with van der Waals surface area (Å²) in [6.07, 6.45) is 1.97. The molecule has 0 atom stereocenters. The Balaban J connectivity index is 1.78. The average Bonchev–Trinajstić information content (AvgIpc) is 2.63. The van der Waals surface area contributed by atoms with Gasteiger partial charge in [-0.3, -0.25) is 14.4 Å². The summed E-state index contributed by atoms with van der Waals surface area (Å²) in [5.74, 6) is 0.520. The van der Waals surface area contributed by atoms with E-state index in [1.807, 2.05) is 30.3 Å². The van der Waals surface area contributed by atoms with Crippen molar-refractivity contribution in [2.75, 3.05) is 0 Å². The first-order valence-electron chi connectivity index (χ1n) is 10.9. The standard InChI is InChI=1S/C26H27NO4/c1-25(2)10-17(28)22-19(12-25)31-20-13-26(3,4)11-18(29)23(20)21(22)15-9-14-7-5-6-8-16(14)27-24(15)30/h5-9,21H,10-13H2,1-4H3,(H,27,30). The molecule has 1 N–H and O–H groups in total. The maximum atomic E-state index is 13.3. The van der Waals surface area contributed by atoms with Crippen LogP contribution in [0.4, 0.5) is 0 Å². The van der Waals surface area contributed by atoms with Crippen molar-refractivity contribution in [1.82, 2.24) is 4.98 Å². The summed E-state index contributed by atoms with van der Waals surface area (Å²) in [5, 5.41) is 0.875. The van der Waals surface area contributed by atoms with Gasteiger partial charge in [-0.25, -0.2) is 0 Å². The number of H-pyrrole nitrogens is 1. The zero-order chi connectivity index (χ0) is 22.1. The van der Waals surface area contributed by atoms with Gasteiger partial charge in [-0.05, 0) is 28.3 Å². The average molecular weight is 418 g/mol. The van der Waals surface area contributed by atoms with Gasteiger partial charge >= 0.3 is 0 Å². The second-order valence-electron chi connectivity index (χ2n) is 10.7. The fourth-order valence-electron chi connectivity index (χ4n) is 5.36. The number of pyridine rings is 1. The van der Waals surface area contributed by atoms with Gasteiger partial charge in [0.2, 0.25) is 0 Å². The Morgan fingerprint density at radius 3 is 1.97 bits per heavy atom. The molecule has 5 rings (SSSR count). The molecule has 2 aromatic rings. The predicted molar refractivity (Wildman–Crippen MR) is 118 cm³/mol. The van der Waals surface area contributed by atoms with Gasteiger partial charge < -0.3 is 9.72 Å². The van der Waals surface area contributed by atoms with Gasteiger partial charge in [0.25, 0.3) is 5.56 Å². The fourth-order valence-corrected chi connectivity index (χ4v) is 5.36. The number of allylic oxidation sites excluding steroid dienone is 4. The number of hydrogen-bond acceptors (Lipinski definition) is 4. The lowest BCUT2D eigenvalue weighted by Gasteiger charge is -2.42. The van der Waals surface area contributed by atoms with Crippen molar-refractivity contribution in [2.24, 2.45) is 10.8 Å². The lowest BCUT2D eigenvalue weighted by atomic mass is 9.65. The first-order chi connectivity index (χ1) is 14.5. The second kappa shape index (κ2) is 6.52. The Labute approximate surface area is 181 Å². The third-order valence-corrected chi connectivity index (χ3v) is 6.68. The molecule has 0 bridgehead atoms. The molecule has 0 radical (unpaired) electrons. The van der Waals surface area contributed by atoms with Gasteiger partial charge in [0.05, 0.1) is 5.92 Å². The molecule has 0 spiro atoms. The molecule has 5 nitrogen and oxygen atoms in total. The van der Waals surface area contributed by atoms with Gasteiger partial charge in [0, 0.05) is 47.9 Å². The highest BCUT2D eigenvalue weighted by Gasteiger charge is 2.48. The SMILES string of the molecule is CC1(C)CC(=O)C2=C(C1)OC1=C(C(=O)CC(C)(C)C1)C2c1cc2ccccc2[nH]c1=O. The largest absolute Gasteiger partial charge is 0.465 e. The lowest BCUT2D eigenvalue weighted by molar-refractivity contribution is -0.120. The molecule has 0 saturated carbocycles. The number of ether oxygens (including phenoxy) is 1. The van der Waals surface area contributed by atoms with Crippen molar-refractivity contribution < 1.29 is 14.3 Å². The van der Waals surface area contributed by atoms with Crippen LogP contribution in [0.25, 0.3) is 10.9 Å². The molecule has 5 heteroatoms. The number of carbonyl (C=O) groups excluding carboxylic acids is 2. The Kier molecular flexibility index (Phi) is 4.20. The molecule has 0 saturated heterocycles. The number of carbonyl (C=O) groups is 2. The van der Waals surface area contributed by atoms with Crippen molar-refractivity contribution in [2.45, 2.75) is 59.3 Å². The Morgan fingerprint density at radius 2 is 1.39 bits per heavy atom. The monoisotopic (exact) mass is 417 g/mol. The quantitative estimate of drug-likeness (QED) is 0.714. The molecule has 0 amide bonds. The topological polar surface area (TPSA) is 76.2 Å². The molecule has 3 aliphatic rings. The van der Waals surface area contributed by atoms with Crippen LogP contribution < -0.4 is 5.56 Å². The number of fused-ring (bicyclic) bond motifs is 1. The zero-order valence-electron chi connectivity index (χ0n) is 18.4. The first-order valence-corrected chi connectivity index (χ1v) is 10.9. The number of aromatic nitrogens is 1. The van der Waals surface area contributed by atoms with E-state index in [0.29, 0.717) is 53.9 Å². The van der Waals surface area contributed by atoms with Gasteiger partial charge in [0.1, 0.15) is 11.5 Å². The van der Waals surface area contributed by atoms with Crippen LogP contribution in [0, 0.1) is 10.8 Å². The molecule has 0 unspecified atom stereocenters. The molecule has 2 heterocycles. The predicted octanol–water partition coefficient (Wildman–Crippen LogP) is 4.93. The van der Waals surface area contributed by atoms with Gasteiger partial charge in [-0.1, -0.05) is 45.9 Å². The number of aromatic amines is 1. The minimum Gasteiger partial charge on any atom is -0.465 e. The molecule has 1 aromatic carbocycles. The van der Waals surface area contributed by atoms with Crippen LogP contribution in [0.15, 0.2) is 57.8 Å². The molecule has 0 fully saturated rings. The minimum absolute atomic E-state index is 0.0343. The number of hydrogen-bond donors (Lipinski definition) is 1. The maximum Gasteiger partial charge on any atom is 0.252 e. The summed E-state index contributed by atoms with van der Waals surface area (Å²) in [4.78, 5) is 42.8. The van der Waals surface area contributed by atoms with Crippen LogP contribution in [-0.4, -0.2) is 16.6 Å². The number of Topliss-reactive ketones (excluding diaryl/α,β-unsaturated/α-hetero) is 2. The second-order valence-corrected chi connectivity index (χ2v) is 10.7. The van der Waals surface area contributed by atoms with E-state index in [2.05, 4.69) is 32.7 Å². The Morgan fingerprint density at radius 1 is 0.839 bits per heavy atom. The number of nitrogens with one attached hydrogen (secondary N) is 1. The molecular formula is C26H27NO4. The number of para-hydroxylation sites is 1. The smallest absolute Gasteiger partial charge is 0.252 e. The van der Waals surface area contributed by atoms with Gasteiger partial charge in [-0.15, -0.1) is 0 Å². The summed E-state index contributed by atoms with van der Waals surface area (Å²) in [6, 6.07) is 9.39. The fraction of sp³-hybridized carbons (Fsp3) is 0.423. The lowest BCUT2D eigenvalue weighted by Crippen LogP contribution is -2.39. The van der Waals surface area contributed by atoms with Crippen LogP contribution in [0.2, 0.25) is 0 Å². The highest BCUT2D eigenvalue weighted by Crippen LogP contribution is 2.52. The highest BCUT2D eigenvalue weighted by atomic mass is 16.5. The molecule has 160 valence electrons. The third-order valence-electron chi connectivity index (χ3n) is 6.68. The Hall–Kier alpha value is -2.95. The normalized spacial score (nSPS) is 23.0. The summed E-state index contributed by atoms with van der Waals surface area (Å²) in [5.41, 5.74) is 1.46. The van der Waals surface area contributed by atoms with Crippen molar-refractivity contribution in [3.05, 3.63) is 68.9 Å². The van der Waals surface area contributed by atoms with E-state index in [9.17, 15) is 14.4 Å². The van der Waals surface area contributed by atoms with Gasteiger partial charge in [0.15, 0.2) is 11.6 Å². The van der Waals surface area contributed by atoms with Crippen molar-refractivity contribution in [3.8, 4) is 0 Å². The number of benzene rings is 1. The molecule has 31 heavy (non-hydrogen) atoms. The summed E-state index contributed by atoms with van der Waals surface area (Å²) < 4.78 is 6.29. The zero-order valence-corrected chi connectivity index (χ0v) is 18.4. The number of ketones is 2. The van der Waals surface area contributed by atoms with E-state index >= 15 is 0 Å². The van der Waals surface area contributed by atoms with Crippen LogP contribution >= 0.6 is 0 Å². The summed E-state index contributed by atoms with van der Waals surface area (Å²) >= 11 is 0. The van der Waals surface area contributed by atoms with E-state index < -0.39 is 5.92 Å². The van der Waals surface area contributed by atoms with Crippen molar-refractivity contribution in [3.63, 3.8) is 0 Å². The van der Waals surface area contributed by atoms with E-state index in [0.717, 1.165) is 10.9 Å². The van der Waals surface area contributed by atoms with Crippen LogP contribution in [-0.2, 0) is 14.3 Å². The van der Waals surface area contributed by atoms with E-state index in [1.165, 1.54) is 0 Å². The molecule has 2 aliphatic carbocycles. The highest BCUT2D eigenvalue weighted by molar-refractivity contribution is 6.06. The molecular weight excluding hydrogens is 390 g/mol. The van der Waals surface area contributed by atoms with Crippen molar-refractivity contribution in [1.29, 1.82) is 0 Å². The molecule has 1 aliphatic heterocycles. The molecule has 1 aromatic heterocycles. The maximum absolute atomic E-state index is 13.3. The van der Waals surface area contributed by atoms with Gasteiger partial charge in [-0.2, -0.15) is 0 Å². The first kappa shape index (κ1) is 20.0. The third kappa shape index (κ3) is 3.27. The summed E-state index contributed by atoms with van der Waals surface area (Å²) in [6.45, 7) is 8.21. The van der Waals surface area contributed by atoms with Crippen molar-refractivity contribution >= 4 is 22.5 Å². The van der Waals surface area contributed by atoms with E-state index in [-0.39, 0.29) is 28.0 Å². The van der Waals surface area contributed by atoms with Crippen LogP contribution in [0.5, 0.6) is 0 Å². The van der Waals surface area contributed by atoms with Crippen LogP contribution in [0.3, 0.4) is 0 Å². The van der Waals surface area contributed by atoms with E-state index in [4.69, 9.17) is 4.74 Å².